The van der Waals surface area contributed by atoms with Gasteiger partial charge in [-0.3, -0.25) is 5.10 Å². The highest BCUT2D eigenvalue weighted by molar-refractivity contribution is 6.01. The Morgan fingerprint density at radius 2 is 1.87 bits per heavy atom. The Hall–Kier alpha value is -3.48. The molecule has 0 aliphatic carbocycles. The predicted octanol–water partition coefficient (Wildman–Crippen LogP) is 4.91. The molecule has 0 aliphatic rings. The number of rotatable bonds is 7. The van der Waals surface area contributed by atoms with Crippen LogP contribution in [0.2, 0.25) is 0 Å². The van der Waals surface area contributed by atoms with E-state index in [1.165, 1.54) is 5.69 Å². The average Bonchev–Trinajstić information content (AvgIpc) is 3.30. The van der Waals surface area contributed by atoms with E-state index in [-0.39, 0.29) is 0 Å². The fraction of sp³-hybridized carbons (Fsp3) is 0.333. The molecule has 0 spiro atoms. The lowest BCUT2D eigenvalue weighted by Gasteiger charge is -2.25. The number of carbonyl (C=O) groups excluding carboxylic acids is 1. The van der Waals surface area contributed by atoms with Crippen LogP contribution in [0.4, 0.5) is 17.1 Å². The van der Waals surface area contributed by atoms with Crippen LogP contribution in [0, 0.1) is 6.92 Å². The van der Waals surface area contributed by atoms with Gasteiger partial charge in [0.05, 0.1) is 17.6 Å². The molecular weight excluding hydrogens is 390 g/mol. The smallest absolute Gasteiger partial charge is 0.358 e. The van der Waals surface area contributed by atoms with E-state index in [9.17, 15) is 4.79 Å². The second-order valence-corrected chi connectivity index (χ2v) is 7.52. The molecular formula is C24H29N5O2. The van der Waals surface area contributed by atoms with Gasteiger partial charge in [-0.05, 0) is 63.6 Å². The number of para-hydroxylation sites is 2. The number of nitrogens with zero attached hydrogens (tertiary/aromatic N) is 4. The summed E-state index contributed by atoms with van der Waals surface area (Å²) in [7, 11) is 1.96. The number of imidazole rings is 1. The number of anilines is 3. The number of fused-ring (bicyclic) bond motifs is 3. The van der Waals surface area contributed by atoms with E-state index in [1.807, 2.05) is 40.7 Å². The number of aromatic nitrogens is 3. The SMILES string of the molecule is CCOC(=O)c1[nH]n2c(nc3ccccc32)c1N(C)c1ccc(N(CC)CC)cc1C. The summed E-state index contributed by atoms with van der Waals surface area (Å²) in [5.74, 6) is -0.392. The van der Waals surface area contributed by atoms with Crippen molar-refractivity contribution in [2.24, 2.45) is 0 Å². The Morgan fingerprint density at radius 3 is 2.55 bits per heavy atom. The topological polar surface area (TPSA) is 65.9 Å². The van der Waals surface area contributed by atoms with Crippen LogP contribution in [0.1, 0.15) is 36.8 Å². The maximum Gasteiger partial charge on any atom is 0.358 e. The highest BCUT2D eigenvalue weighted by Crippen LogP contribution is 2.36. The Balaban J connectivity index is 1.87. The minimum absolute atomic E-state index is 0.307. The normalized spacial score (nSPS) is 11.3. The predicted molar refractivity (Wildman–Crippen MR) is 126 cm³/mol. The molecule has 2 aromatic heterocycles. The minimum atomic E-state index is -0.392. The lowest BCUT2D eigenvalue weighted by Crippen LogP contribution is -2.22. The number of aryl methyl sites for hydroxylation is 1. The molecule has 0 fully saturated rings. The van der Waals surface area contributed by atoms with Gasteiger partial charge in [0.2, 0.25) is 0 Å². The zero-order valence-electron chi connectivity index (χ0n) is 18.8. The largest absolute Gasteiger partial charge is 0.461 e. The van der Waals surface area contributed by atoms with Crippen molar-refractivity contribution >= 4 is 39.7 Å². The van der Waals surface area contributed by atoms with Gasteiger partial charge >= 0.3 is 5.97 Å². The molecule has 2 aromatic carbocycles. The standard InChI is InChI=1S/C24H29N5O2/c1-6-28(7-2)17-13-14-19(16(4)15-17)27(5)22-21(24(30)31-8-3)26-29-20-12-10-9-11-18(20)25-23(22)29/h9-15,26H,6-8H2,1-5H3. The summed E-state index contributed by atoms with van der Waals surface area (Å²) >= 11 is 0. The molecule has 0 bridgehead atoms. The summed E-state index contributed by atoms with van der Waals surface area (Å²) < 4.78 is 7.19. The van der Waals surface area contributed by atoms with Crippen molar-refractivity contribution in [1.82, 2.24) is 14.6 Å². The summed E-state index contributed by atoms with van der Waals surface area (Å²) in [6.07, 6.45) is 0. The Bertz CT molecular complexity index is 1240. The fourth-order valence-corrected chi connectivity index (χ4v) is 4.16. The van der Waals surface area contributed by atoms with Gasteiger partial charge in [-0.1, -0.05) is 12.1 Å². The van der Waals surface area contributed by atoms with Crippen LogP contribution in [0.5, 0.6) is 0 Å². The molecule has 4 aromatic rings. The lowest BCUT2D eigenvalue weighted by molar-refractivity contribution is 0.0520. The van der Waals surface area contributed by atoms with E-state index >= 15 is 0 Å². The molecule has 31 heavy (non-hydrogen) atoms. The molecule has 7 nitrogen and oxygen atoms in total. The van der Waals surface area contributed by atoms with Crippen molar-refractivity contribution in [3.05, 3.63) is 53.7 Å². The van der Waals surface area contributed by atoms with Crippen LogP contribution in [-0.2, 0) is 4.74 Å². The number of nitrogens with one attached hydrogen (secondary N) is 1. The van der Waals surface area contributed by atoms with Crippen LogP contribution in [0.25, 0.3) is 16.7 Å². The molecule has 7 heteroatoms. The molecule has 0 saturated heterocycles. The third-order valence-electron chi connectivity index (χ3n) is 5.72. The zero-order chi connectivity index (χ0) is 22.1. The molecule has 2 heterocycles. The molecule has 0 aliphatic heterocycles. The Labute approximate surface area is 182 Å². The number of benzene rings is 2. The van der Waals surface area contributed by atoms with Crippen molar-refractivity contribution in [2.75, 3.05) is 36.5 Å². The molecule has 162 valence electrons. The molecule has 1 N–H and O–H groups in total. The number of esters is 1. The number of carbonyl (C=O) groups is 1. The van der Waals surface area contributed by atoms with Crippen molar-refractivity contribution in [3.8, 4) is 0 Å². The van der Waals surface area contributed by atoms with Crippen molar-refractivity contribution in [3.63, 3.8) is 0 Å². The van der Waals surface area contributed by atoms with Crippen LogP contribution in [-0.4, -0.2) is 47.3 Å². The molecule has 0 unspecified atom stereocenters. The van der Waals surface area contributed by atoms with E-state index < -0.39 is 5.97 Å². The van der Waals surface area contributed by atoms with Gasteiger partial charge in [-0.25, -0.2) is 14.3 Å². The molecule has 4 rings (SSSR count). The van der Waals surface area contributed by atoms with Gasteiger partial charge in [0.15, 0.2) is 11.3 Å². The average molecular weight is 420 g/mol. The summed E-state index contributed by atoms with van der Waals surface area (Å²) in [5, 5.41) is 3.22. The van der Waals surface area contributed by atoms with Crippen LogP contribution < -0.4 is 9.80 Å². The van der Waals surface area contributed by atoms with Gasteiger partial charge in [0, 0.05) is 31.5 Å². The highest BCUT2D eigenvalue weighted by Gasteiger charge is 2.26. The van der Waals surface area contributed by atoms with E-state index in [1.54, 1.807) is 6.92 Å². The first-order valence-corrected chi connectivity index (χ1v) is 10.8. The number of H-pyrrole nitrogens is 1. The summed E-state index contributed by atoms with van der Waals surface area (Å²) in [5.41, 5.74) is 6.89. The Kier molecular flexibility index (Phi) is 5.59. The van der Waals surface area contributed by atoms with Gasteiger partial charge in [-0.15, -0.1) is 0 Å². The first-order chi connectivity index (χ1) is 15.0. The number of hydrogen-bond acceptors (Lipinski definition) is 5. The van der Waals surface area contributed by atoms with Crippen LogP contribution in [0.3, 0.4) is 0 Å². The van der Waals surface area contributed by atoms with Crippen molar-refractivity contribution in [2.45, 2.75) is 27.7 Å². The maximum absolute atomic E-state index is 12.8. The number of aromatic amines is 1. The second kappa shape index (κ2) is 8.34. The highest BCUT2D eigenvalue weighted by atomic mass is 16.5. The van der Waals surface area contributed by atoms with Gasteiger partial charge in [0.1, 0.15) is 5.69 Å². The summed E-state index contributed by atoms with van der Waals surface area (Å²) in [6.45, 7) is 10.4. The van der Waals surface area contributed by atoms with Gasteiger partial charge in [0.25, 0.3) is 0 Å². The van der Waals surface area contributed by atoms with Gasteiger partial charge in [-0.2, -0.15) is 0 Å². The van der Waals surface area contributed by atoms with E-state index in [2.05, 4.69) is 49.0 Å². The number of hydrogen-bond donors (Lipinski definition) is 1. The van der Waals surface area contributed by atoms with Crippen LogP contribution in [0.15, 0.2) is 42.5 Å². The molecule has 0 atom stereocenters. The third-order valence-corrected chi connectivity index (χ3v) is 5.72. The first-order valence-electron chi connectivity index (χ1n) is 10.8. The molecule has 0 radical (unpaired) electrons. The van der Waals surface area contributed by atoms with Crippen molar-refractivity contribution in [1.29, 1.82) is 0 Å². The summed E-state index contributed by atoms with van der Waals surface area (Å²) in [4.78, 5) is 21.9. The number of ether oxygens (including phenoxy) is 1. The quantitative estimate of drug-likeness (QED) is 0.431. The van der Waals surface area contributed by atoms with E-state index in [4.69, 9.17) is 9.72 Å². The maximum atomic E-state index is 12.8. The van der Waals surface area contributed by atoms with Crippen molar-refractivity contribution < 1.29 is 9.53 Å². The van der Waals surface area contributed by atoms with Crippen LogP contribution >= 0.6 is 0 Å². The minimum Gasteiger partial charge on any atom is -0.461 e. The second-order valence-electron chi connectivity index (χ2n) is 7.52. The lowest BCUT2D eigenvalue weighted by atomic mass is 10.1. The zero-order valence-corrected chi connectivity index (χ0v) is 18.8. The molecule has 0 saturated carbocycles. The van der Waals surface area contributed by atoms with E-state index in [0.717, 1.165) is 35.4 Å². The fourth-order valence-electron chi connectivity index (χ4n) is 4.16. The van der Waals surface area contributed by atoms with E-state index in [0.29, 0.717) is 23.6 Å². The third kappa shape index (κ3) is 3.50. The first kappa shape index (κ1) is 20.8. The molecule has 0 amide bonds. The van der Waals surface area contributed by atoms with Gasteiger partial charge < -0.3 is 14.5 Å². The Morgan fingerprint density at radius 1 is 1.13 bits per heavy atom. The summed E-state index contributed by atoms with van der Waals surface area (Å²) in [6, 6.07) is 14.3. The monoisotopic (exact) mass is 419 g/mol.